The van der Waals surface area contributed by atoms with Crippen LogP contribution in [0.25, 0.3) is 0 Å². The molecule has 3 nitrogen and oxygen atoms in total. The molecule has 1 atom stereocenters. The maximum Gasteiger partial charge on any atom is 0.131 e. The van der Waals surface area contributed by atoms with Gasteiger partial charge in [-0.15, -0.1) is 0 Å². The van der Waals surface area contributed by atoms with E-state index in [1.807, 2.05) is 37.3 Å². The van der Waals surface area contributed by atoms with Gasteiger partial charge in [-0.3, -0.25) is 0 Å². The second-order valence-corrected chi connectivity index (χ2v) is 5.29. The molecule has 0 saturated heterocycles. The number of hydrogen-bond acceptors (Lipinski definition) is 3. The van der Waals surface area contributed by atoms with Crippen LogP contribution in [0, 0.1) is 6.92 Å². The molecule has 1 heterocycles. The van der Waals surface area contributed by atoms with Crippen molar-refractivity contribution in [2.24, 2.45) is 0 Å². The molecule has 2 rings (SSSR count). The van der Waals surface area contributed by atoms with Gasteiger partial charge in [-0.2, -0.15) is 0 Å². The number of anilines is 1. The normalized spacial score (nSPS) is 12.2. The molecule has 0 aliphatic carbocycles. The minimum atomic E-state index is 0.156. The molecule has 1 unspecified atom stereocenters. The van der Waals surface area contributed by atoms with Crippen molar-refractivity contribution in [3.05, 3.63) is 51.3 Å². The Bertz CT molecular complexity index is 522. The van der Waals surface area contributed by atoms with E-state index in [-0.39, 0.29) is 6.04 Å². The third kappa shape index (κ3) is 3.43. The highest BCUT2D eigenvalue weighted by molar-refractivity contribution is 9.10. The van der Waals surface area contributed by atoms with E-state index in [9.17, 15) is 0 Å². The van der Waals surface area contributed by atoms with Crippen LogP contribution in [-0.4, -0.2) is 9.97 Å². The van der Waals surface area contributed by atoms with Crippen LogP contribution < -0.4 is 5.32 Å². The Morgan fingerprint density at radius 2 is 1.89 bits per heavy atom. The first-order valence-corrected chi connectivity index (χ1v) is 6.75. The van der Waals surface area contributed by atoms with E-state index in [1.54, 1.807) is 0 Å². The average Bonchev–Trinajstić information content (AvgIpc) is 2.28. The molecule has 0 aliphatic heterocycles. The van der Waals surface area contributed by atoms with Gasteiger partial charge in [-0.25, -0.2) is 9.97 Å². The third-order valence-electron chi connectivity index (χ3n) is 2.54. The molecule has 1 aromatic carbocycles. The van der Waals surface area contributed by atoms with Crippen molar-refractivity contribution in [3.63, 3.8) is 0 Å². The largest absolute Gasteiger partial charge is 0.363 e. The van der Waals surface area contributed by atoms with Gasteiger partial charge < -0.3 is 5.32 Å². The van der Waals surface area contributed by atoms with Crippen molar-refractivity contribution in [1.82, 2.24) is 9.97 Å². The topological polar surface area (TPSA) is 37.8 Å². The van der Waals surface area contributed by atoms with Crippen molar-refractivity contribution in [2.45, 2.75) is 19.9 Å². The van der Waals surface area contributed by atoms with Gasteiger partial charge >= 0.3 is 0 Å². The molecule has 94 valence electrons. The fourth-order valence-electron chi connectivity index (χ4n) is 1.66. The first-order chi connectivity index (χ1) is 8.54. The number of nitrogens with zero attached hydrogens (tertiary/aromatic N) is 2. The molecule has 0 amide bonds. The summed E-state index contributed by atoms with van der Waals surface area (Å²) in [7, 11) is 0. The van der Waals surface area contributed by atoms with Crippen LogP contribution in [0.1, 0.15) is 24.4 Å². The van der Waals surface area contributed by atoms with Gasteiger partial charge in [0, 0.05) is 17.1 Å². The predicted octanol–water partition coefficient (Wildman–Crippen LogP) is 4.37. The minimum absolute atomic E-state index is 0.156. The molecule has 0 fully saturated rings. The fourth-order valence-corrected chi connectivity index (χ4v) is 2.26. The zero-order valence-electron chi connectivity index (χ0n) is 10.1. The smallest absolute Gasteiger partial charge is 0.131 e. The molecule has 0 saturated carbocycles. The maximum atomic E-state index is 5.87. The van der Waals surface area contributed by atoms with Crippen molar-refractivity contribution >= 4 is 33.3 Å². The lowest BCUT2D eigenvalue weighted by Crippen LogP contribution is -2.08. The number of aromatic nitrogens is 2. The van der Waals surface area contributed by atoms with E-state index in [4.69, 9.17) is 11.6 Å². The molecule has 2 aromatic rings. The summed E-state index contributed by atoms with van der Waals surface area (Å²) < 4.78 is 0.779. The van der Waals surface area contributed by atoms with E-state index < -0.39 is 0 Å². The molecule has 1 aromatic heterocycles. The zero-order chi connectivity index (χ0) is 13.1. The summed E-state index contributed by atoms with van der Waals surface area (Å²) in [6.07, 6.45) is 0. The number of aryl methyl sites for hydroxylation is 1. The summed E-state index contributed by atoms with van der Waals surface area (Å²) in [4.78, 5) is 8.51. The van der Waals surface area contributed by atoms with Crippen LogP contribution in [0.2, 0.25) is 5.02 Å². The van der Waals surface area contributed by atoms with E-state index in [1.165, 1.54) is 0 Å². The van der Waals surface area contributed by atoms with Crippen LogP contribution in [0.4, 0.5) is 5.82 Å². The average molecular weight is 327 g/mol. The Kier molecular flexibility index (Phi) is 4.19. The van der Waals surface area contributed by atoms with E-state index in [0.717, 1.165) is 26.8 Å². The molecular weight excluding hydrogens is 314 g/mol. The van der Waals surface area contributed by atoms with E-state index in [2.05, 4.69) is 38.1 Å². The van der Waals surface area contributed by atoms with Gasteiger partial charge in [0.25, 0.3) is 0 Å². The Balaban J connectivity index is 2.15. The number of halogens is 2. The zero-order valence-corrected chi connectivity index (χ0v) is 12.5. The highest BCUT2D eigenvalue weighted by Gasteiger charge is 2.07. The highest BCUT2D eigenvalue weighted by atomic mass is 79.9. The van der Waals surface area contributed by atoms with Gasteiger partial charge in [0.05, 0.1) is 0 Å². The quantitative estimate of drug-likeness (QED) is 0.851. The Morgan fingerprint density at radius 3 is 2.50 bits per heavy atom. The van der Waals surface area contributed by atoms with E-state index in [0.29, 0.717) is 0 Å². The second-order valence-electron chi connectivity index (χ2n) is 4.04. The Morgan fingerprint density at radius 1 is 1.22 bits per heavy atom. The summed E-state index contributed by atoms with van der Waals surface area (Å²) in [5.74, 6) is 1.53. The fraction of sp³-hybridized carbons (Fsp3) is 0.231. The first-order valence-electron chi connectivity index (χ1n) is 5.58. The summed E-state index contributed by atoms with van der Waals surface area (Å²) in [6, 6.07) is 9.79. The number of nitrogens with one attached hydrogen (secondary N) is 1. The molecule has 0 spiro atoms. The van der Waals surface area contributed by atoms with Crippen molar-refractivity contribution in [2.75, 3.05) is 5.32 Å². The van der Waals surface area contributed by atoms with Crippen LogP contribution in [0.3, 0.4) is 0 Å². The van der Waals surface area contributed by atoms with Gasteiger partial charge in [0.15, 0.2) is 0 Å². The predicted molar refractivity (Wildman–Crippen MR) is 78.0 cm³/mol. The molecule has 18 heavy (non-hydrogen) atoms. The van der Waals surface area contributed by atoms with Crippen LogP contribution in [0.15, 0.2) is 34.9 Å². The van der Waals surface area contributed by atoms with E-state index >= 15 is 0 Å². The summed E-state index contributed by atoms with van der Waals surface area (Å²) in [6.45, 7) is 3.94. The maximum absolute atomic E-state index is 5.87. The van der Waals surface area contributed by atoms with Crippen molar-refractivity contribution in [3.8, 4) is 0 Å². The molecule has 5 heteroatoms. The van der Waals surface area contributed by atoms with Gasteiger partial charge in [-0.1, -0.05) is 23.7 Å². The van der Waals surface area contributed by atoms with Crippen LogP contribution in [0.5, 0.6) is 0 Å². The lowest BCUT2D eigenvalue weighted by molar-refractivity contribution is 0.865. The standard InChI is InChI=1S/C13H13BrClN3/c1-8(10-3-5-11(15)6-4-10)16-13-7-12(14)17-9(2)18-13/h3-8H,1-2H3,(H,16,17,18). The molecule has 0 aliphatic rings. The first kappa shape index (κ1) is 13.3. The minimum Gasteiger partial charge on any atom is -0.363 e. The third-order valence-corrected chi connectivity index (χ3v) is 3.20. The Labute approximate surface area is 120 Å². The summed E-state index contributed by atoms with van der Waals surface area (Å²) in [5, 5.41) is 4.08. The van der Waals surface area contributed by atoms with Crippen LogP contribution >= 0.6 is 27.5 Å². The number of hydrogen-bond donors (Lipinski definition) is 1. The molecule has 0 radical (unpaired) electrons. The number of rotatable bonds is 3. The Hall–Kier alpha value is -1.13. The lowest BCUT2D eigenvalue weighted by atomic mass is 10.1. The van der Waals surface area contributed by atoms with Gasteiger partial charge in [-0.05, 0) is 47.5 Å². The van der Waals surface area contributed by atoms with Gasteiger partial charge in [0.2, 0.25) is 0 Å². The highest BCUT2D eigenvalue weighted by Crippen LogP contribution is 2.21. The lowest BCUT2D eigenvalue weighted by Gasteiger charge is -2.15. The molecule has 1 N–H and O–H groups in total. The van der Waals surface area contributed by atoms with Crippen molar-refractivity contribution in [1.29, 1.82) is 0 Å². The summed E-state index contributed by atoms with van der Waals surface area (Å²) in [5.41, 5.74) is 1.16. The monoisotopic (exact) mass is 325 g/mol. The summed E-state index contributed by atoms with van der Waals surface area (Å²) >= 11 is 9.23. The van der Waals surface area contributed by atoms with Gasteiger partial charge in [0.1, 0.15) is 16.2 Å². The molecule has 0 bridgehead atoms. The van der Waals surface area contributed by atoms with Crippen LogP contribution in [-0.2, 0) is 0 Å². The number of benzene rings is 1. The SMILES string of the molecule is Cc1nc(Br)cc(NC(C)c2ccc(Cl)cc2)n1. The second kappa shape index (κ2) is 5.67. The van der Waals surface area contributed by atoms with Crippen molar-refractivity contribution < 1.29 is 0 Å². The molecular formula is C13H13BrClN3.